The first-order chi connectivity index (χ1) is 11.3. The Kier molecular flexibility index (Phi) is 4.64. The second-order valence-corrected chi connectivity index (χ2v) is 8.66. The van der Waals surface area contributed by atoms with E-state index in [0.717, 1.165) is 11.4 Å². The minimum absolute atomic E-state index is 0.0484. The fourth-order valence-corrected chi connectivity index (χ4v) is 4.62. The molecule has 24 heavy (non-hydrogen) atoms. The zero-order chi connectivity index (χ0) is 17.3. The molecule has 0 radical (unpaired) electrons. The number of benzene rings is 1. The molecule has 1 aromatic carbocycles. The van der Waals surface area contributed by atoms with Crippen LogP contribution in [0.15, 0.2) is 30.3 Å². The average molecular weight is 367 g/mol. The number of nitrogens with zero attached hydrogens (tertiary/aromatic N) is 3. The van der Waals surface area contributed by atoms with Gasteiger partial charge in [-0.1, -0.05) is 11.6 Å². The normalized spacial score (nSPS) is 19.2. The molecule has 6 nitrogen and oxygen atoms in total. The third-order valence-electron chi connectivity index (χ3n) is 4.06. The van der Waals surface area contributed by atoms with Crippen molar-refractivity contribution in [3.8, 4) is 0 Å². The fourth-order valence-electron chi connectivity index (χ4n) is 2.72. The molecule has 0 spiro atoms. The van der Waals surface area contributed by atoms with Gasteiger partial charge in [0.15, 0.2) is 9.84 Å². The van der Waals surface area contributed by atoms with Crippen LogP contribution in [0.2, 0.25) is 5.02 Å². The van der Waals surface area contributed by atoms with Gasteiger partial charge in [-0.2, -0.15) is 4.98 Å². The predicted molar refractivity (Wildman–Crippen MR) is 97.0 cm³/mol. The summed E-state index contributed by atoms with van der Waals surface area (Å²) in [6.45, 7) is 1.89. The Morgan fingerprint density at radius 2 is 1.96 bits per heavy atom. The molecule has 1 atom stereocenters. The number of nitrogens with one attached hydrogen (secondary N) is 1. The summed E-state index contributed by atoms with van der Waals surface area (Å²) in [4.78, 5) is 10.8. The van der Waals surface area contributed by atoms with Gasteiger partial charge >= 0.3 is 0 Å². The molecule has 8 heteroatoms. The van der Waals surface area contributed by atoms with Crippen molar-refractivity contribution in [2.75, 3.05) is 28.8 Å². The molecule has 1 aromatic heterocycles. The van der Waals surface area contributed by atoms with Crippen LogP contribution in [-0.4, -0.2) is 43.0 Å². The molecule has 1 aliphatic heterocycles. The lowest BCUT2D eigenvalue weighted by atomic mass is 10.2. The monoisotopic (exact) mass is 366 g/mol. The number of rotatable bonds is 4. The topological polar surface area (TPSA) is 75.2 Å². The van der Waals surface area contributed by atoms with E-state index < -0.39 is 9.84 Å². The number of sulfone groups is 1. The predicted octanol–water partition coefficient (Wildman–Crippen LogP) is 2.81. The molecule has 0 saturated carbocycles. The number of hydrogen-bond acceptors (Lipinski definition) is 6. The van der Waals surface area contributed by atoms with E-state index in [9.17, 15) is 8.42 Å². The summed E-state index contributed by atoms with van der Waals surface area (Å²) in [6, 6.07) is 9.08. The third kappa shape index (κ3) is 3.96. The van der Waals surface area contributed by atoms with Crippen molar-refractivity contribution in [3.63, 3.8) is 0 Å². The maximum absolute atomic E-state index is 11.7. The number of hydrogen-bond donors (Lipinski definition) is 1. The van der Waals surface area contributed by atoms with Gasteiger partial charge in [-0.3, -0.25) is 0 Å². The molecule has 1 unspecified atom stereocenters. The van der Waals surface area contributed by atoms with E-state index in [0.29, 0.717) is 23.2 Å². The summed E-state index contributed by atoms with van der Waals surface area (Å²) < 4.78 is 23.4. The number of halogens is 1. The maximum atomic E-state index is 11.7. The molecular weight excluding hydrogens is 348 g/mol. The van der Waals surface area contributed by atoms with E-state index >= 15 is 0 Å². The van der Waals surface area contributed by atoms with Crippen molar-refractivity contribution >= 4 is 38.9 Å². The minimum Gasteiger partial charge on any atom is -0.355 e. The molecule has 1 aliphatic rings. The first-order valence-electron chi connectivity index (χ1n) is 7.64. The summed E-state index contributed by atoms with van der Waals surface area (Å²) in [5.41, 5.74) is 1.64. The van der Waals surface area contributed by atoms with Gasteiger partial charge in [-0.25, -0.2) is 13.4 Å². The van der Waals surface area contributed by atoms with E-state index in [1.54, 1.807) is 12.1 Å². The van der Waals surface area contributed by atoms with E-state index in [4.69, 9.17) is 11.6 Å². The van der Waals surface area contributed by atoms with Gasteiger partial charge in [0.1, 0.15) is 5.82 Å². The van der Waals surface area contributed by atoms with Gasteiger partial charge < -0.3 is 10.2 Å². The Balaban J connectivity index is 1.82. The highest BCUT2D eigenvalue weighted by atomic mass is 35.5. The molecular formula is C16H19ClN4O2S. The quantitative estimate of drug-likeness (QED) is 0.896. The minimum atomic E-state index is -2.93. The van der Waals surface area contributed by atoms with Gasteiger partial charge in [0.2, 0.25) is 5.95 Å². The molecule has 0 bridgehead atoms. The summed E-state index contributed by atoms with van der Waals surface area (Å²) >= 11 is 5.89. The Morgan fingerprint density at radius 1 is 1.25 bits per heavy atom. The highest BCUT2D eigenvalue weighted by Crippen LogP contribution is 2.24. The average Bonchev–Trinajstić information content (AvgIpc) is 2.88. The summed E-state index contributed by atoms with van der Waals surface area (Å²) in [6.07, 6.45) is 0.627. The van der Waals surface area contributed by atoms with Gasteiger partial charge in [0.25, 0.3) is 0 Å². The lowest BCUT2D eigenvalue weighted by molar-refractivity contribution is 0.600. The molecule has 2 heterocycles. The molecule has 1 saturated heterocycles. The Hall–Kier alpha value is -1.86. The summed E-state index contributed by atoms with van der Waals surface area (Å²) in [5.74, 6) is 1.59. The second kappa shape index (κ2) is 6.57. The van der Waals surface area contributed by atoms with Crippen LogP contribution in [0.3, 0.4) is 0 Å². The molecule has 3 rings (SSSR count). The van der Waals surface area contributed by atoms with Crippen LogP contribution in [0.25, 0.3) is 0 Å². The Labute approximate surface area is 146 Å². The second-order valence-electron chi connectivity index (χ2n) is 5.99. The highest BCUT2D eigenvalue weighted by molar-refractivity contribution is 7.91. The van der Waals surface area contributed by atoms with E-state index in [1.165, 1.54) is 0 Å². The first-order valence-corrected chi connectivity index (χ1v) is 9.84. The fraction of sp³-hybridized carbons (Fsp3) is 0.375. The van der Waals surface area contributed by atoms with Crippen molar-refractivity contribution < 1.29 is 8.42 Å². The molecule has 128 valence electrons. The van der Waals surface area contributed by atoms with E-state index in [1.807, 2.05) is 37.1 Å². The van der Waals surface area contributed by atoms with E-state index in [-0.39, 0.29) is 17.5 Å². The molecule has 1 N–H and O–H groups in total. The largest absolute Gasteiger partial charge is 0.355 e. The first kappa shape index (κ1) is 17.0. The van der Waals surface area contributed by atoms with Crippen molar-refractivity contribution in [2.24, 2.45) is 0 Å². The smallest absolute Gasteiger partial charge is 0.229 e. The number of aryl methyl sites for hydroxylation is 1. The summed E-state index contributed by atoms with van der Waals surface area (Å²) in [5, 5.41) is 3.81. The highest BCUT2D eigenvalue weighted by Gasteiger charge is 2.31. The van der Waals surface area contributed by atoms with Gasteiger partial charge in [-0.05, 0) is 37.6 Å². The van der Waals surface area contributed by atoms with Crippen LogP contribution in [-0.2, 0) is 9.84 Å². The maximum Gasteiger partial charge on any atom is 0.229 e. The number of aromatic nitrogens is 2. The van der Waals surface area contributed by atoms with Crippen molar-refractivity contribution in [1.82, 2.24) is 9.97 Å². The summed E-state index contributed by atoms with van der Waals surface area (Å²) in [7, 11) is -1.06. The molecule has 2 aromatic rings. The Morgan fingerprint density at radius 3 is 2.58 bits per heavy atom. The lowest BCUT2D eigenvalue weighted by Gasteiger charge is -2.25. The van der Waals surface area contributed by atoms with Crippen molar-refractivity contribution in [3.05, 3.63) is 41.0 Å². The van der Waals surface area contributed by atoms with Crippen LogP contribution in [0.1, 0.15) is 12.1 Å². The molecule has 0 amide bonds. The standard InChI is InChI=1S/C16H19ClN4O2S/c1-11-9-15(21(2)14-7-8-24(22,23)10-14)20-16(18-11)19-13-5-3-12(17)4-6-13/h3-6,9,14H,7-8,10H2,1-2H3,(H,18,19,20). The molecule has 1 fully saturated rings. The van der Waals surface area contributed by atoms with Crippen LogP contribution < -0.4 is 10.2 Å². The van der Waals surface area contributed by atoms with Crippen molar-refractivity contribution in [2.45, 2.75) is 19.4 Å². The van der Waals surface area contributed by atoms with Gasteiger partial charge in [0.05, 0.1) is 11.5 Å². The Bertz CT molecular complexity index is 840. The van der Waals surface area contributed by atoms with Gasteiger partial charge in [0, 0.05) is 35.6 Å². The van der Waals surface area contributed by atoms with Crippen molar-refractivity contribution in [1.29, 1.82) is 0 Å². The van der Waals surface area contributed by atoms with Crippen LogP contribution in [0.5, 0.6) is 0 Å². The van der Waals surface area contributed by atoms with E-state index in [2.05, 4.69) is 15.3 Å². The number of anilines is 3. The third-order valence-corrected chi connectivity index (χ3v) is 6.06. The zero-order valence-corrected chi connectivity index (χ0v) is 15.1. The van der Waals surface area contributed by atoms with Crippen LogP contribution in [0.4, 0.5) is 17.5 Å². The van der Waals surface area contributed by atoms with Crippen LogP contribution >= 0.6 is 11.6 Å². The zero-order valence-electron chi connectivity index (χ0n) is 13.5. The SMILES string of the molecule is Cc1cc(N(C)C2CCS(=O)(=O)C2)nc(Nc2ccc(Cl)cc2)n1. The van der Waals surface area contributed by atoms with Crippen LogP contribution in [0, 0.1) is 6.92 Å². The molecule has 0 aliphatic carbocycles. The lowest BCUT2D eigenvalue weighted by Crippen LogP contribution is -2.33. The van der Waals surface area contributed by atoms with Gasteiger partial charge in [-0.15, -0.1) is 0 Å².